The Labute approximate surface area is 171 Å². The normalized spacial score (nSPS) is 12.8. The van der Waals surface area contributed by atoms with Gasteiger partial charge in [-0.15, -0.1) is 24.0 Å². The number of hydrogen-bond acceptors (Lipinski definition) is 2. The molecule has 0 fully saturated rings. The fourth-order valence-electron chi connectivity index (χ4n) is 3.08. The van der Waals surface area contributed by atoms with Gasteiger partial charge in [-0.05, 0) is 41.3 Å². The van der Waals surface area contributed by atoms with Gasteiger partial charge >= 0.3 is 0 Å². The number of guanidine groups is 1. The minimum atomic E-state index is -0.213. The third-order valence-corrected chi connectivity index (χ3v) is 4.33. The number of fused-ring (bicyclic) bond motifs is 1. The minimum Gasteiger partial charge on any atom is -0.493 e. The van der Waals surface area contributed by atoms with E-state index in [0.717, 1.165) is 43.3 Å². The van der Waals surface area contributed by atoms with E-state index in [-0.39, 0.29) is 29.8 Å². The molecule has 0 saturated heterocycles. The number of nitrogens with zero attached hydrogens (tertiary/aromatic N) is 2. The van der Waals surface area contributed by atoms with Crippen molar-refractivity contribution in [2.75, 3.05) is 27.2 Å². The van der Waals surface area contributed by atoms with Gasteiger partial charge in [0.1, 0.15) is 11.6 Å². The van der Waals surface area contributed by atoms with Gasteiger partial charge in [-0.25, -0.2) is 4.39 Å². The van der Waals surface area contributed by atoms with Crippen molar-refractivity contribution < 1.29 is 9.13 Å². The Morgan fingerprint density at radius 3 is 2.85 bits per heavy atom. The highest BCUT2D eigenvalue weighted by molar-refractivity contribution is 14.0. The van der Waals surface area contributed by atoms with Gasteiger partial charge in [0.05, 0.1) is 6.61 Å². The van der Waals surface area contributed by atoms with Crippen LogP contribution in [0.5, 0.6) is 5.75 Å². The summed E-state index contributed by atoms with van der Waals surface area (Å²) in [5.41, 5.74) is 3.51. The molecule has 0 unspecified atom stereocenters. The smallest absolute Gasteiger partial charge is 0.193 e. The van der Waals surface area contributed by atoms with Crippen molar-refractivity contribution in [3.63, 3.8) is 0 Å². The van der Waals surface area contributed by atoms with Crippen molar-refractivity contribution in [2.45, 2.75) is 19.4 Å². The topological polar surface area (TPSA) is 36.9 Å². The van der Waals surface area contributed by atoms with Crippen molar-refractivity contribution in [3.05, 3.63) is 65.0 Å². The first kappa shape index (κ1) is 20.5. The fraction of sp³-hybridized carbons (Fsp3) is 0.350. The van der Waals surface area contributed by atoms with Crippen LogP contribution in [0.25, 0.3) is 0 Å². The van der Waals surface area contributed by atoms with Crippen molar-refractivity contribution in [1.29, 1.82) is 0 Å². The summed E-state index contributed by atoms with van der Waals surface area (Å²) in [6.45, 7) is 2.18. The van der Waals surface area contributed by atoms with Crippen LogP contribution in [0.3, 0.4) is 0 Å². The number of benzene rings is 2. The lowest BCUT2D eigenvalue weighted by molar-refractivity contribution is 0.357. The lowest BCUT2D eigenvalue weighted by Crippen LogP contribution is -2.39. The van der Waals surface area contributed by atoms with E-state index in [0.29, 0.717) is 6.54 Å². The summed E-state index contributed by atoms with van der Waals surface area (Å²) in [5, 5.41) is 3.37. The van der Waals surface area contributed by atoms with Gasteiger partial charge in [0, 0.05) is 33.6 Å². The summed E-state index contributed by atoms with van der Waals surface area (Å²) < 4.78 is 18.9. The summed E-state index contributed by atoms with van der Waals surface area (Å²) in [6, 6.07) is 13.1. The largest absolute Gasteiger partial charge is 0.493 e. The molecule has 0 spiro atoms. The Kier molecular flexibility index (Phi) is 7.68. The van der Waals surface area contributed by atoms with Crippen LogP contribution in [0.2, 0.25) is 0 Å². The lowest BCUT2D eigenvalue weighted by atomic mass is 10.1. The molecule has 0 saturated carbocycles. The third-order valence-electron chi connectivity index (χ3n) is 4.33. The van der Waals surface area contributed by atoms with E-state index < -0.39 is 0 Å². The molecule has 0 aliphatic carbocycles. The minimum absolute atomic E-state index is 0. The van der Waals surface area contributed by atoms with Crippen LogP contribution >= 0.6 is 24.0 Å². The Morgan fingerprint density at radius 1 is 1.23 bits per heavy atom. The summed E-state index contributed by atoms with van der Waals surface area (Å²) in [6.07, 6.45) is 1.91. The molecule has 26 heavy (non-hydrogen) atoms. The maximum atomic E-state index is 13.3. The van der Waals surface area contributed by atoms with Crippen LogP contribution in [-0.4, -0.2) is 38.1 Å². The second kappa shape index (κ2) is 9.75. The Hall–Kier alpha value is -1.83. The van der Waals surface area contributed by atoms with E-state index in [1.165, 1.54) is 17.2 Å². The molecule has 0 radical (unpaired) electrons. The number of halogens is 2. The zero-order valence-electron chi connectivity index (χ0n) is 15.2. The molecular formula is C20H25FIN3O. The molecule has 6 heteroatoms. The number of hydrogen-bond donors (Lipinski definition) is 1. The van der Waals surface area contributed by atoms with Crippen molar-refractivity contribution in [3.8, 4) is 5.75 Å². The first-order chi connectivity index (χ1) is 12.2. The van der Waals surface area contributed by atoms with Crippen LogP contribution in [-0.2, 0) is 19.4 Å². The van der Waals surface area contributed by atoms with Gasteiger partial charge in [0.15, 0.2) is 5.96 Å². The molecule has 2 aromatic rings. The van der Waals surface area contributed by atoms with Crippen LogP contribution in [0.4, 0.5) is 4.39 Å². The molecule has 4 nitrogen and oxygen atoms in total. The van der Waals surface area contributed by atoms with Crippen molar-refractivity contribution >= 4 is 29.9 Å². The maximum absolute atomic E-state index is 13.3. The lowest BCUT2D eigenvalue weighted by Gasteiger charge is -2.22. The highest BCUT2D eigenvalue weighted by Crippen LogP contribution is 2.25. The second-order valence-corrected chi connectivity index (χ2v) is 6.25. The van der Waals surface area contributed by atoms with E-state index >= 15 is 0 Å². The average Bonchev–Trinajstić information content (AvgIpc) is 3.06. The standard InChI is InChI=1S/C20H24FN3O.HI/c1-22-20(24(2)14-16-4-3-5-18(21)13-16)23-10-8-15-6-7-19-17(12-15)9-11-25-19;/h3-7,12-13H,8-11,14H2,1-2H3,(H,22,23);1H. The van der Waals surface area contributed by atoms with Gasteiger partial charge in [0.25, 0.3) is 0 Å². The van der Waals surface area contributed by atoms with E-state index in [4.69, 9.17) is 4.74 Å². The first-order valence-electron chi connectivity index (χ1n) is 8.56. The third kappa shape index (κ3) is 5.33. The molecule has 2 aromatic carbocycles. The average molecular weight is 469 g/mol. The molecule has 0 amide bonds. The van der Waals surface area contributed by atoms with Gasteiger partial charge in [-0.1, -0.05) is 24.3 Å². The van der Waals surface area contributed by atoms with Crippen LogP contribution in [0, 0.1) is 5.82 Å². The fourth-order valence-corrected chi connectivity index (χ4v) is 3.08. The molecule has 0 bridgehead atoms. The molecule has 140 valence electrons. The Balaban J connectivity index is 0.00000243. The predicted molar refractivity (Wildman–Crippen MR) is 114 cm³/mol. The molecule has 1 heterocycles. The second-order valence-electron chi connectivity index (χ2n) is 6.25. The molecule has 0 atom stereocenters. The van der Waals surface area contributed by atoms with E-state index in [1.54, 1.807) is 19.2 Å². The molecule has 1 aliphatic heterocycles. The summed E-state index contributed by atoms with van der Waals surface area (Å²) in [5.74, 6) is 1.60. The number of rotatable bonds is 5. The Morgan fingerprint density at radius 2 is 2.08 bits per heavy atom. The quantitative estimate of drug-likeness (QED) is 0.413. The van der Waals surface area contributed by atoms with Gasteiger partial charge in [-0.2, -0.15) is 0 Å². The zero-order chi connectivity index (χ0) is 17.6. The molecule has 3 rings (SSSR count). The highest BCUT2D eigenvalue weighted by Gasteiger charge is 2.12. The summed E-state index contributed by atoms with van der Waals surface area (Å²) in [4.78, 5) is 6.30. The SMILES string of the molecule is CN=C(NCCc1ccc2c(c1)CCO2)N(C)Cc1cccc(F)c1.I. The monoisotopic (exact) mass is 469 g/mol. The van der Waals surface area contributed by atoms with Gasteiger partial charge in [-0.3, -0.25) is 4.99 Å². The Bertz CT molecular complexity index is 766. The van der Waals surface area contributed by atoms with Crippen LogP contribution in [0.15, 0.2) is 47.5 Å². The molecule has 1 aliphatic rings. The summed E-state index contributed by atoms with van der Waals surface area (Å²) >= 11 is 0. The van der Waals surface area contributed by atoms with Gasteiger partial charge < -0.3 is 15.0 Å². The zero-order valence-corrected chi connectivity index (χ0v) is 17.5. The van der Waals surface area contributed by atoms with E-state index in [2.05, 4.69) is 28.5 Å². The number of nitrogens with one attached hydrogen (secondary N) is 1. The molecule has 1 N–H and O–H groups in total. The van der Waals surface area contributed by atoms with Crippen LogP contribution in [0.1, 0.15) is 16.7 Å². The van der Waals surface area contributed by atoms with Gasteiger partial charge in [0.2, 0.25) is 0 Å². The molecular weight excluding hydrogens is 444 g/mol. The molecule has 0 aromatic heterocycles. The number of aliphatic imine (C=N–C) groups is 1. The van der Waals surface area contributed by atoms with Crippen molar-refractivity contribution in [1.82, 2.24) is 10.2 Å². The summed E-state index contributed by atoms with van der Waals surface area (Å²) in [7, 11) is 3.71. The number of ether oxygens (including phenoxy) is 1. The van der Waals surface area contributed by atoms with Crippen LogP contribution < -0.4 is 10.1 Å². The maximum Gasteiger partial charge on any atom is 0.193 e. The predicted octanol–water partition coefficient (Wildman–Crippen LogP) is 3.63. The van der Waals surface area contributed by atoms with Crippen molar-refractivity contribution in [2.24, 2.45) is 4.99 Å². The van der Waals surface area contributed by atoms with E-state index in [1.807, 2.05) is 18.0 Å². The first-order valence-corrected chi connectivity index (χ1v) is 8.56. The van der Waals surface area contributed by atoms with E-state index in [9.17, 15) is 4.39 Å². The highest BCUT2D eigenvalue weighted by atomic mass is 127.